The Morgan fingerprint density at radius 2 is 1.94 bits per heavy atom. The summed E-state index contributed by atoms with van der Waals surface area (Å²) < 4.78 is 19.3. The Hall–Kier alpha value is -3.00. The van der Waals surface area contributed by atoms with E-state index in [-0.39, 0.29) is 11.8 Å². The number of carbonyl (C=O) groups is 1. The number of ether oxygens (including phenoxy) is 1. The second-order valence-electron chi connectivity index (χ2n) is 10.3. The Morgan fingerprint density at radius 3 is 2.66 bits per heavy atom. The summed E-state index contributed by atoms with van der Waals surface area (Å²) in [6, 6.07) is 5.00. The zero-order chi connectivity index (χ0) is 24.7. The summed E-state index contributed by atoms with van der Waals surface area (Å²) >= 11 is 6.41. The van der Waals surface area contributed by atoms with Gasteiger partial charge in [0.1, 0.15) is 5.60 Å². The molecule has 1 amide bonds. The molecule has 0 radical (unpaired) electrons. The highest BCUT2D eigenvalue weighted by Crippen LogP contribution is 2.39. The SMILES string of the molecule is CC(C)(C)OC(=O)N1CC=C(Cl)C=c2[nH]c3c(c21)CN=NC=3[C@H]1CC[C@H](c2cccc(F)n2)CC1. The number of hydrogen-bond acceptors (Lipinski definition) is 5. The van der Waals surface area contributed by atoms with Crippen molar-refractivity contribution in [2.45, 2.75) is 64.5 Å². The molecule has 2 aromatic heterocycles. The molecule has 1 aliphatic carbocycles. The van der Waals surface area contributed by atoms with Crippen molar-refractivity contribution in [3.8, 4) is 0 Å². The molecule has 0 spiro atoms. The van der Waals surface area contributed by atoms with E-state index in [0.717, 1.165) is 59.0 Å². The Balaban J connectivity index is 1.49. The molecule has 1 fully saturated rings. The van der Waals surface area contributed by atoms with E-state index < -0.39 is 17.6 Å². The molecule has 1 N–H and O–H groups in total. The van der Waals surface area contributed by atoms with Crippen molar-refractivity contribution in [3.05, 3.63) is 57.2 Å². The number of carbonyl (C=O) groups excluding carboxylic acids is 1. The van der Waals surface area contributed by atoms with Gasteiger partial charge in [-0.3, -0.25) is 4.90 Å². The molecule has 9 heteroatoms. The Kier molecular flexibility index (Phi) is 6.25. The highest BCUT2D eigenvalue weighted by molar-refractivity contribution is 6.34. The quantitative estimate of drug-likeness (QED) is 0.575. The lowest BCUT2D eigenvalue weighted by Gasteiger charge is -2.29. The number of amides is 1. The first kappa shape index (κ1) is 23.7. The van der Waals surface area contributed by atoms with E-state index in [2.05, 4.69) is 20.2 Å². The van der Waals surface area contributed by atoms with Crippen molar-refractivity contribution >= 4 is 35.2 Å². The molecular weight excluding hydrogens is 469 g/mol. The average Bonchev–Trinajstić information content (AvgIpc) is 3.07. The van der Waals surface area contributed by atoms with Gasteiger partial charge in [0.05, 0.1) is 28.6 Å². The van der Waals surface area contributed by atoms with Crippen LogP contribution in [-0.2, 0) is 11.3 Å². The normalized spacial score (nSPS) is 22.0. The van der Waals surface area contributed by atoms with Crippen LogP contribution in [0.2, 0.25) is 0 Å². The van der Waals surface area contributed by atoms with Crippen LogP contribution in [0.25, 0.3) is 11.8 Å². The van der Waals surface area contributed by atoms with E-state index in [4.69, 9.17) is 16.3 Å². The van der Waals surface area contributed by atoms with Crippen molar-refractivity contribution in [1.82, 2.24) is 9.97 Å². The Labute approximate surface area is 208 Å². The summed E-state index contributed by atoms with van der Waals surface area (Å²) in [4.78, 5) is 22.3. The number of pyridine rings is 1. The van der Waals surface area contributed by atoms with Crippen molar-refractivity contribution in [3.63, 3.8) is 0 Å². The van der Waals surface area contributed by atoms with E-state index in [9.17, 15) is 9.18 Å². The van der Waals surface area contributed by atoms with Gasteiger partial charge in [0.25, 0.3) is 0 Å². The highest BCUT2D eigenvalue weighted by Gasteiger charge is 2.32. The van der Waals surface area contributed by atoms with Gasteiger partial charge in [-0.05, 0) is 70.7 Å². The molecule has 2 aromatic rings. The third-order valence-electron chi connectivity index (χ3n) is 6.67. The van der Waals surface area contributed by atoms with Crippen molar-refractivity contribution in [2.75, 3.05) is 11.4 Å². The third kappa shape index (κ3) is 4.89. The van der Waals surface area contributed by atoms with Crippen molar-refractivity contribution < 1.29 is 13.9 Å². The second-order valence-corrected chi connectivity index (χ2v) is 10.7. The fraction of sp³-hybridized carbons (Fsp3) is 0.462. The Bertz CT molecular complexity index is 1330. The minimum absolute atomic E-state index is 0.214. The van der Waals surface area contributed by atoms with Crippen LogP contribution in [0.5, 0.6) is 0 Å². The molecule has 35 heavy (non-hydrogen) atoms. The maximum Gasteiger partial charge on any atom is 0.415 e. The van der Waals surface area contributed by atoms with Crippen LogP contribution in [0.1, 0.15) is 63.6 Å². The van der Waals surface area contributed by atoms with Gasteiger partial charge in [-0.15, -0.1) is 0 Å². The molecule has 1 saturated carbocycles. The summed E-state index contributed by atoms with van der Waals surface area (Å²) in [6.07, 6.45) is 6.82. The van der Waals surface area contributed by atoms with Gasteiger partial charge in [0, 0.05) is 34.7 Å². The molecule has 0 saturated heterocycles. The Morgan fingerprint density at radius 1 is 1.20 bits per heavy atom. The summed E-state index contributed by atoms with van der Waals surface area (Å²) in [5, 5.41) is 11.2. The molecular formula is C26H29ClFN5O2. The van der Waals surface area contributed by atoms with E-state index in [1.165, 1.54) is 6.07 Å². The van der Waals surface area contributed by atoms with Crippen LogP contribution < -0.4 is 15.6 Å². The average molecular weight is 498 g/mol. The zero-order valence-electron chi connectivity index (χ0n) is 20.1. The first-order valence-electron chi connectivity index (χ1n) is 12.0. The number of aromatic nitrogens is 2. The van der Waals surface area contributed by atoms with Crippen LogP contribution in [0, 0.1) is 11.9 Å². The minimum Gasteiger partial charge on any atom is -0.443 e. The number of H-pyrrole nitrogens is 1. The van der Waals surface area contributed by atoms with Gasteiger partial charge < -0.3 is 9.72 Å². The highest BCUT2D eigenvalue weighted by atomic mass is 35.5. The lowest BCUT2D eigenvalue weighted by molar-refractivity contribution is 0.0584. The minimum atomic E-state index is -0.622. The topological polar surface area (TPSA) is 82.9 Å². The van der Waals surface area contributed by atoms with Gasteiger partial charge in [-0.25, -0.2) is 9.78 Å². The molecule has 0 atom stereocenters. The van der Waals surface area contributed by atoms with E-state index in [0.29, 0.717) is 18.1 Å². The summed E-state index contributed by atoms with van der Waals surface area (Å²) in [5.74, 6) is 0.0184. The van der Waals surface area contributed by atoms with E-state index in [1.807, 2.05) is 32.9 Å². The fourth-order valence-corrected chi connectivity index (χ4v) is 5.30. The van der Waals surface area contributed by atoms with Crippen LogP contribution in [0.3, 0.4) is 0 Å². The molecule has 0 bridgehead atoms. The predicted octanol–water partition coefficient (Wildman–Crippen LogP) is 5.26. The number of anilines is 1. The molecule has 7 nitrogen and oxygen atoms in total. The number of nitrogens with zero attached hydrogens (tertiary/aromatic N) is 4. The number of nitrogens with one attached hydrogen (secondary N) is 1. The molecule has 3 aliphatic rings. The van der Waals surface area contributed by atoms with Gasteiger partial charge >= 0.3 is 6.09 Å². The molecule has 184 valence electrons. The number of allylic oxidation sites excluding steroid dienone is 1. The smallest absolute Gasteiger partial charge is 0.415 e. The van der Waals surface area contributed by atoms with Crippen LogP contribution >= 0.6 is 11.6 Å². The van der Waals surface area contributed by atoms with Crippen molar-refractivity contribution in [1.29, 1.82) is 0 Å². The van der Waals surface area contributed by atoms with E-state index in [1.54, 1.807) is 17.0 Å². The third-order valence-corrected chi connectivity index (χ3v) is 6.93. The van der Waals surface area contributed by atoms with Gasteiger partial charge in [0.2, 0.25) is 5.95 Å². The fourth-order valence-electron chi connectivity index (χ4n) is 5.12. The summed E-state index contributed by atoms with van der Waals surface area (Å²) in [5.41, 5.74) is 2.77. The maximum absolute atomic E-state index is 13.6. The lowest BCUT2D eigenvalue weighted by atomic mass is 9.78. The maximum atomic E-state index is 13.6. The monoisotopic (exact) mass is 497 g/mol. The number of aromatic amines is 1. The molecule has 4 heterocycles. The van der Waals surface area contributed by atoms with Crippen molar-refractivity contribution in [2.24, 2.45) is 16.1 Å². The first-order valence-corrected chi connectivity index (χ1v) is 12.4. The second kappa shape index (κ2) is 9.22. The summed E-state index contributed by atoms with van der Waals surface area (Å²) in [6.45, 7) is 6.22. The van der Waals surface area contributed by atoms with Gasteiger partial charge in [-0.1, -0.05) is 17.7 Å². The van der Waals surface area contributed by atoms with Crippen LogP contribution in [0.4, 0.5) is 14.9 Å². The van der Waals surface area contributed by atoms with Crippen LogP contribution in [0.15, 0.2) is 39.5 Å². The zero-order valence-corrected chi connectivity index (χ0v) is 20.9. The molecule has 5 rings (SSSR count). The van der Waals surface area contributed by atoms with Crippen LogP contribution in [-0.4, -0.2) is 28.2 Å². The number of rotatable bonds is 2. The lowest BCUT2D eigenvalue weighted by Crippen LogP contribution is -2.39. The number of azo groups is 1. The molecule has 0 aromatic carbocycles. The number of hydrogen-bond donors (Lipinski definition) is 1. The first-order chi connectivity index (χ1) is 16.7. The molecule has 0 unspecified atom stereocenters. The number of halogens is 2. The summed E-state index contributed by atoms with van der Waals surface area (Å²) in [7, 11) is 0. The number of fused-ring (bicyclic) bond motifs is 3. The van der Waals surface area contributed by atoms with E-state index >= 15 is 0 Å². The standard InChI is InChI=1S/C26H29ClFN5O2/c1-26(2,3)35-25(34)33-12-11-17(27)13-20-24(33)18-14-29-32-22(23(18)31-20)16-9-7-15(8-10-16)19-5-4-6-21(28)30-19/h4-6,11,13,15-16,31H,7-10,12,14H2,1-3H3/t15-,16-. The molecule has 2 aliphatic heterocycles. The van der Waals surface area contributed by atoms with Gasteiger partial charge in [0.15, 0.2) is 0 Å². The van der Waals surface area contributed by atoms with Gasteiger partial charge in [-0.2, -0.15) is 14.6 Å². The predicted molar refractivity (Wildman–Crippen MR) is 133 cm³/mol. The largest absolute Gasteiger partial charge is 0.443 e.